The third-order valence-corrected chi connectivity index (χ3v) is 5.70. The third kappa shape index (κ3) is 4.29. The lowest BCUT2D eigenvalue weighted by Gasteiger charge is -2.16. The van der Waals surface area contributed by atoms with Crippen LogP contribution in [0.2, 0.25) is 0 Å². The first-order valence-electron chi connectivity index (χ1n) is 9.99. The van der Waals surface area contributed by atoms with Gasteiger partial charge in [-0.15, -0.1) is 0 Å². The van der Waals surface area contributed by atoms with E-state index in [2.05, 4.69) is 26.2 Å². The molecule has 0 aliphatic carbocycles. The van der Waals surface area contributed by atoms with Gasteiger partial charge in [-0.2, -0.15) is 0 Å². The van der Waals surface area contributed by atoms with Crippen LogP contribution < -0.4 is 25.1 Å². The number of pyridine rings is 1. The monoisotopic (exact) mass is 508 g/mol. The molecule has 1 aromatic heterocycles. The van der Waals surface area contributed by atoms with Gasteiger partial charge in [0.15, 0.2) is 11.5 Å². The molecule has 0 fully saturated rings. The van der Waals surface area contributed by atoms with Crippen molar-refractivity contribution < 1.29 is 19.0 Å². The predicted octanol–water partition coefficient (Wildman–Crippen LogP) is 5.24. The van der Waals surface area contributed by atoms with Crippen molar-refractivity contribution in [2.24, 2.45) is 0 Å². The third-order valence-electron chi connectivity index (χ3n) is 5.20. The highest BCUT2D eigenvalue weighted by Gasteiger charge is 2.21. The number of rotatable bonds is 6. The van der Waals surface area contributed by atoms with E-state index in [0.717, 1.165) is 15.4 Å². The molecule has 4 rings (SSSR count). The van der Waals surface area contributed by atoms with Gasteiger partial charge in [-0.05, 0) is 35.9 Å². The summed E-state index contributed by atoms with van der Waals surface area (Å²) in [5, 5.41) is 3.58. The molecule has 8 heteroatoms. The fourth-order valence-electron chi connectivity index (χ4n) is 3.69. The SMILES string of the molecule is COc1cc(C(=O)Nc2c(-c3ccccc3)c3cc(Br)ccc3[nH]c2=O)cc(OC)c1OC. The van der Waals surface area contributed by atoms with E-state index >= 15 is 0 Å². The first-order chi connectivity index (χ1) is 16.0. The van der Waals surface area contributed by atoms with Crippen molar-refractivity contribution in [3.05, 3.63) is 81.1 Å². The molecule has 0 bridgehead atoms. The molecule has 0 saturated heterocycles. The zero-order valence-corrected chi connectivity index (χ0v) is 19.8. The van der Waals surface area contributed by atoms with E-state index in [1.54, 1.807) is 0 Å². The number of halogens is 1. The molecule has 0 aliphatic rings. The summed E-state index contributed by atoms with van der Waals surface area (Å²) in [6, 6.07) is 18.1. The van der Waals surface area contributed by atoms with Gasteiger partial charge in [0.05, 0.1) is 21.3 Å². The summed E-state index contributed by atoms with van der Waals surface area (Å²) in [7, 11) is 4.43. The smallest absolute Gasteiger partial charge is 0.272 e. The van der Waals surface area contributed by atoms with Crippen LogP contribution in [0, 0.1) is 0 Å². The van der Waals surface area contributed by atoms with Gasteiger partial charge < -0.3 is 24.5 Å². The van der Waals surface area contributed by atoms with Crippen LogP contribution in [0.1, 0.15) is 10.4 Å². The second-order valence-corrected chi connectivity index (χ2v) is 8.04. The molecule has 1 heterocycles. The van der Waals surface area contributed by atoms with Gasteiger partial charge in [-0.25, -0.2) is 0 Å². The summed E-state index contributed by atoms with van der Waals surface area (Å²) in [6.07, 6.45) is 0. The number of hydrogen-bond donors (Lipinski definition) is 2. The van der Waals surface area contributed by atoms with Gasteiger partial charge in [-0.3, -0.25) is 9.59 Å². The maximum atomic E-state index is 13.3. The Bertz CT molecular complexity index is 1370. The molecule has 0 saturated carbocycles. The van der Waals surface area contributed by atoms with Crippen molar-refractivity contribution in [1.82, 2.24) is 4.98 Å². The Balaban J connectivity index is 1.88. The quantitative estimate of drug-likeness (QED) is 0.371. The summed E-state index contributed by atoms with van der Waals surface area (Å²) in [5.41, 5.74) is 2.06. The highest BCUT2D eigenvalue weighted by molar-refractivity contribution is 9.10. The van der Waals surface area contributed by atoms with Crippen LogP contribution in [0.25, 0.3) is 22.0 Å². The topological polar surface area (TPSA) is 89.7 Å². The van der Waals surface area contributed by atoms with E-state index in [0.29, 0.717) is 28.3 Å². The van der Waals surface area contributed by atoms with Crippen LogP contribution in [0.4, 0.5) is 5.69 Å². The number of aromatic nitrogens is 1. The molecular weight excluding hydrogens is 488 g/mol. The number of aromatic amines is 1. The molecule has 0 unspecified atom stereocenters. The van der Waals surface area contributed by atoms with Gasteiger partial charge in [0, 0.05) is 26.5 Å². The number of carbonyl (C=O) groups excluding carboxylic acids is 1. The average molecular weight is 509 g/mol. The fourth-order valence-corrected chi connectivity index (χ4v) is 4.05. The number of hydrogen-bond acceptors (Lipinski definition) is 5. The second kappa shape index (κ2) is 9.38. The van der Waals surface area contributed by atoms with Crippen LogP contribution in [-0.4, -0.2) is 32.2 Å². The second-order valence-electron chi connectivity index (χ2n) is 7.13. The number of fused-ring (bicyclic) bond motifs is 1. The van der Waals surface area contributed by atoms with Crippen molar-refractivity contribution >= 4 is 38.4 Å². The summed E-state index contributed by atoms with van der Waals surface area (Å²) in [5.74, 6) is 0.546. The average Bonchev–Trinajstić information content (AvgIpc) is 2.84. The maximum absolute atomic E-state index is 13.3. The van der Waals surface area contributed by atoms with Gasteiger partial charge in [-0.1, -0.05) is 46.3 Å². The number of anilines is 1. The standard InChI is InChI=1S/C25H21BrN2O5/c1-31-19-11-15(12-20(32-2)23(19)33-3)24(29)28-22-21(14-7-5-4-6-8-14)17-13-16(26)9-10-18(17)27-25(22)30/h4-13H,1-3H3,(H,27,30)(H,28,29). The number of nitrogens with one attached hydrogen (secondary N) is 2. The zero-order valence-electron chi connectivity index (χ0n) is 18.2. The molecule has 168 valence electrons. The fraction of sp³-hybridized carbons (Fsp3) is 0.120. The molecule has 0 spiro atoms. The van der Waals surface area contributed by atoms with E-state index < -0.39 is 11.5 Å². The summed E-state index contributed by atoms with van der Waals surface area (Å²) in [6.45, 7) is 0. The Hall–Kier alpha value is -3.78. The van der Waals surface area contributed by atoms with Gasteiger partial charge >= 0.3 is 0 Å². The number of benzene rings is 3. The van der Waals surface area contributed by atoms with Crippen molar-refractivity contribution in [3.63, 3.8) is 0 Å². The highest BCUT2D eigenvalue weighted by atomic mass is 79.9. The zero-order chi connectivity index (χ0) is 23.5. The number of amides is 1. The predicted molar refractivity (Wildman–Crippen MR) is 132 cm³/mol. The van der Waals surface area contributed by atoms with Crippen LogP contribution in [0.5, 0.6) is 17.2 Å². The Morgan fingerprint density at radius 2 is 1.58 bits per heavy atom. The van der Waals surface area contributed by atoms with Crippen molar-refractivity contribution in [2.45, 2.75) is 0 Å². The van der Waals surface area contributed by atoms with Gasteiger partial charge in [0.25, 0.3) is 11.5 Å². The largest absolute Gasteiger partial charge is 0.493 e. The van der Waals surface area contributed by atoms with E-state index in [9.17, 15) is 9.59 Å². The number of H-pyrrole nitrogens is 1. The minimum atomic E-state index is -0.494. The van der Waals surface area contributed by atoms with E-state index in [1.165, 1.54) is 33.5 Å². The van der Waals surface area contributed by atoms with E-state index in [1.807, 2.05) is 48.5 Å². The van der Waals surface area contributed by atoms with Crippen LogP contribution in [-0.2, 0) is 0 Å². The number of ether oxygens (including phenoxy) is 3. The molecule has 0 radical (unpaired) electrons. The molecule has 7 nitrogen and oxygen atoms in total. The molecule has 33 heavy (non-hydrogen) atoms. The lowest BCUT2D eigenvalue weighted by molar-refractivity contribution is 0.102. The molecule has 2 N–H and O–H groups in total. The lowest BCUT2D eigenvalue weighted by Crippen LogP contribution is -2.21. The molecule has 1 amide bonds. The van der Waals surface area contributed by atoms with Crippen LogP contribution >= 0.6 is 15.9 Å². The first kappa shape index (κ1) is 22.4. The van der Waals surface area contributed by atoms with Gasteiger partial charge in [0.1, 0.15) is 5.69 Å². The molecule has 4 aromatic rings. The highest BCUT2D eigenvalue weighted by Crippen LogP contribution is 2.39. The summed E-state index contributed by atoms with van der Waals surface area (Å²) in [4.78, 5) is 29.2. The first-order valence-corrected chi connectivity index (χ1v) is 10.8. The van der Waals surface area contributed by atoms with Crippen molar-refractivity contribution in [1.29, 1.82) is 0 Å². The molecular formula is C25H21BrN2O5. The van der Waals surface area contributed by atoms with Crippen molar-refractivity contribution in [2.75, 3.05) is 26.6 Å². The van der Waals surface area contributed by atoms with E-state index in [4.69, 9.17) is 14.2 Å². The molecule has 0 aliphatic heterocycles. The Labute approximate surface area is 198 Å². The number of methoxy groups -OCH3 is 3. The minimum absolute atomic E-state index is 0.144. The Morgan fingerprint density at radius 1 is 0.909 bits per heavy atom. The molecule has 3 aromatic carbocycles. The maximum Gasteiger partial charge on any atom is 0.272 e. The Kier molecular flexibility index (Phi) is 6.37. The minimum Gasteiger partial charge on any atom is -0.493 e. The summed E-state index contributed by atoms with van der Waals surface area (Å²) < 4.78 is 16.9. The van der Waals surface area contributed by atoms with E-state index in [-0.39, 0.29) is 11.3 Å². The number of carbonyl (C=O) groups is 1. The van der Waals surface area contributed by atoms with Gasteiger partial charge in [0.2, 0.25) is 5.75 Å². The van der Waals surface area contributed by atoms with Crippen LogP contribution in [0.15, 0.2) is 69.9 Å². The molecule has 0 atom stereocenters. The summed E-state index contributed by atoms with van der Waals surface area (Å²) >= 11 is 3.50. The Morgan fingerprint density at radius 3 is 2.18 bits per heavy atom. The normalized spacial score (nSPS) is 10.7. The lowest BCUT2D eigenvalue weighted by atomic mass is 9.99. The van der Waals surface area contributed by atoms with Crippen LogP contribution in [0.3, 0.4) is 0 Å². The van der Waals surface area contributed by atoms with Crippen molar-refractivity contribution in [3.8, 4) is 28.4 Å².